The number of nitrogens with one attached hydrogen (secondary N) is 1. The van der Waals surface area contributed by atoms with E-state index in [2.05, 4.69) is 68.4 Å². The van der Waals surface area contributed by atoms with Crippen molar-refractivity contribution < 1.29 is 0 Å². The minimum absolute atomic E-state index is 0.342. The van der Waals surface area contributed by atoms with Gasteiger partial charge in [0.05, 0.1) is 0 Å². The molecule has 1 N–H and O–H groups in total. The minimum atomic E-state index is 0.342. The van der Waals surface area contributed by atoms with Crippen molar-refractivity contribution >= 4 is 43.2 Å². The van der Waals surface area contributed by atoms with Crippen molar-refractivity contribution in [3.63, 3.8) is 0 Å². The predicted molar refractivity (Wildman–Crippen MR) is 93.4 cm³/mol. The van der Waals surface area contributed by atoms with Crippen LogP contribution in [-0.2, 0) is 19.4 Å². The molecule has 1 aromatic carbocycles. The second-order valence-corrected chi connectivity index (χ2v) is 8.27. The maximum absolute atomic E-state index is 3.64. The van der Waals surface area contributed by atoms with Gasteiger partial charge in [-0.1, -0.05) is 37.9 Å². The Labute approximate surface area is 141 Å². The van der Waals surface area contributed by atoms with Gasteiger partial charge in [-0.05, 0) is 55.5 Å². The molecule has 1 heterocycles. The molecule has 1 aliphatic rings. The fourth-order valence-electron chi connectivity index (χ4n) is 2.69. The van der Waals surface area contributed by atoms with E-state index in [0.29, 0.717) is 6.04 Å². The second kappa shape index (κ2) is 6.30. The molecule has 0 saturated heterocycles. The molecule has 20 heavy (non-hydrogen) atoms. The Kier molecular flexibility index (Phi) is 4.65. The Morgan fingerprint density at radius 1 is 1.25 bits per heavy atom. The summed E-state index contributed by atoms with van der Waals surface area (Å²) in [5.74, 6) is 0. The van der Waals surface area contributed by atoms with E-state index in [-0.39, 0.29) is 0 Å². The van der Waals surface area contributed by atoms with Crippen LogP contribution >= 0.6 is 43.2 Å². The normalized spacial score (nSPS) is 15.3. The van der Waals surface area contributed by atoms with Gasteiger partial charge < -0.3 is 5.32 Å². The van der Waals surface area contributed by atoms with Gasteiger partial charge in [0.1, 0.15) is 0 Å². The van der Waals surface area contributed by atoms with Crippen LogP contribution < -0.4 is 5.32 Å². The highest BCUT2D eigenvalue weighted by Gasteiger charge is 2.15. The molecule has 3 rings (SSSR count). The highest BCUT2D eigenvalue weighted by atomic mass is 79.9. The topological polar surface area (TPSA) is 12.0 Å². The van der Waals surface area contributed by atoms with Crippen LogP contribution in [0.3, 0.4) is 0 Å². The molecule has 0 saturated carbocycles. The summed E-state index contributed by atoms with van der Waals surface area (Å²) >= 11 is 9.12. The number of rotatable bonds is 4. The van der Waals surface area contributed by atoms with Crippen LogP contribution in [0, 0.1) is 0 Å². The molecule has 1 aromatic heterocycles. The molecule has 106 valence electrons. The third kappa shape index (κ3) is 3.19. The van der Waals surface area contributed by atoms with Crippen LogP contribution in [0.15, 0.2) is 33.2 Å². The zero-order valence-corrected chi connectivity index (χ0v) is 15.4. The highest BCUT2D eigenvalue weighted by molar-refractivity contribution is 9.11. The van der Waals surface area contributed by atoms with E-state index in [1.165, 1.54) is 29.7 Å². The molecular formula is C16H17Br2NS. The summed E-state index contributed by atoms with van der Waals surface area (Å²) in [4.78, 5) is 3.08. The van der Waals surface area contributed by atoms with Gasteiger partial charge in [0.15, 0.2) is 0 Å². The molecule has 4 heteroatoms. The van der Waals surface area contributed by atoms with Gasteiger partial charge in [0.25, 0.3) is 0 Å². The average Bonchev–Trinajstić information content (AvgIpc) is 2.96. The van der Waals surface area contributed by atoms with Crippen molar-refractivity contribution in [1.82, 2.24) is 5.32 Å². The number of benzene rings is 1. The largest absolute Gasteiger partial charge is 0.305 e. The lowest BCUT2D eigenvalue weighted by molar-refractivity contribution is 0.576. The molecule has 1 nitrogen and oxygen atoms in total. The molecule has 0 aliphatic heterocycles. The molecule has 0 spiro atoms. The van der Waals surface area contributed by atoms with E-state index in [9.17, 15) is 0 Å². The molecule has 0 amide bonds. The van der Waals surface area contributed by atoms with E-state index < -0.39 is 0 Å². The standard InChI is InChI=1S/C16H17Br2NS/c1-10(14-6-5-12(17)8-15(14)18)19-9-13-7-11-3-2-4-16(11)20-13/h5-8,10,19H,2-4,9H2,1H3. The molecule has 0 bridgehead atoms. The maximum atomic E-state index is 3.64. The highest BCUT2D eigenvalue weighted by Crippen LogP contribution is 2.31. The van der Waals surface area contributed by atoms with Crippen molar-refractivity contribution in [2.24, 2.45) is 0 Å². The Hall–Kier alpha value is -0.160. The summed E-state index contributed by atoms with van der Waals surface area (Å²) in [6.45, 7) is 3.18. The Morgan fingerprint density at radius 3 is 2.85 bits per heavy atom. The van der Waals surface area contributed by atoms with Gasteiger partial charge in [-0.15, -0.1) is 11.3 Å². The minimum Gasteiger partial charge on any atom is -0.305 e. The summed E-state index contributed by atoms with van der Waals surface area (Å²) in [5, 5.41) is 3.63. The van der Waals surface area contributed by atoms with Crippen LogP contribution in [-0.4, -0.2) is 0 Å². The van der Waals surface area contributed by atoms with Crippen molar-refractivity contribution in [2.45, 2.75) is 38.8 Å². The summed E-state index contributed by atoms with van der Waals surface area (Å²) in [6, 6.07) is 9.10. The molecule has 1 atom stereocenters. The van der Waals surface area contributed by atoms with Crippen molar-refractivity contribution in [3.8, 4) is 0 Å². The van der Waals surface area contributed by atoms with Gasteiger partial charge in [-0.2, -0.15) is 0 Å². The van der Waals surface area contributed by atoms with Gasteiger partial charge in [0, 0.05) is 31.3 Å². The van der Waals surface area contributed by atoms with Crippen LogP contribution in [0.2, 0.25) is 0 Å². The van der Waals surface area contributed by atoms with Crippen LogP contribution in [0.4, 0.5) is 0 Å². The van der Waals surface area contributed by atoms with E-state index in [1.807, 2.05) is 11.3 Å². The smallest absolute Gasteiger partial charge is 0.0306 e. The molecule has 0 radical (unpaired) electrons. The first kappa shape index (κ1) is 14.8. The summed E-state index contributed by atoms with van der Waals surface area (Å²) in [5.41, 5.74) is 2.89. The number of aryl methyl sites for hydroxylation is 2. The summed E-state index contributed by atoms with van der Waals surface area (Å²) in [7, 11) is 0. The lowest BCUT2D eigenvalue weighted by Crippen LogP contribution is -2.17. The molecular weight excluding hydrogens is 398 g/mol. The Morgan fingerprint density at radius 2 is 2.10 bits per heavy atom. The van der Waals surface area contributed by atoms with E-state index in [1.54, 1.807) is 10.4 Å². The van der Waals surface area contributed by atoms with Gasteiger partial charge >= 0.3 is 0 Å². The molecule has 0 fully saturated rings. The van der Waals surface area contributed by atoms with E-state index >= 15 is 0 Å². The van der Waals surface area contributed by atoms with Crippen LogP contribution in [0.5, 0.6) is 0 Å². The van der Waals surface area contributed by atoms with E-state index in [4.69, 9.17) is 0 Å². The zero-order chi connectivity index (χ0) is 14.1. The third-order valence-corrected chi connectivity index (χ3v) is 6.23. The maximum Gasteiger partial charge on any atom is 0.0306 e. The van der Waals surface area contributed by atoms with Crippen molar-refractivity contribution in [1.29, 1.82) is 0 Å². The first-order chi connectivity index (χ1) is 9.63. The number of hydrogen-bond acceptors (Lipinski definition) is 2. The lowest BCUT2D eigenvalue weighted by atomic mass is 10.1. The molecule has 1 aliphatic carbocycles. The fourth-order valence-corrected chi connectivity index (χ4v) is 5.30. The predicted octanol–water partition coefficient (Wildman–Crippen LogP) is 5.61. The lowest BCUT2D eigenvalue weighted by Gasteiger charge is -2.15. The second-order valence-electron chi connectivity index (χ2n) is 5.28. The quantitative estimate of drug-likeness (QED) is 0.685. The van der Waals surface area contributed by atoms with Crippen molar-refractivity contribution in [2.75, 3.05) is 0 Å². The van der Waals surface area contributed by atoms with Crippen LogP contribution in [0.25, 0.3) is 0 Å². The SMILES string of the molecule is CC(NCc1cc2c(s1)CCC2)c1ccc(Br)cc1Br. The van der Waals surface area contributed by atoms with Gasteiger partial charge in [-0.25, -0.2) is 0 Å². The van der Waals surface area contributed by atoms with Crippen LogP contribution in [0.1, 0.15) is 40.3 Å². The molecule has 1 unspecified atom stereocenters. The number of halogens is 2. The number of thiophene rings is 1. The van der Waals surface area contributed by atoms with E-state index in [0.717, 1.165) is 15.5 Å². The Bertz CT molecular complexity index is 599. The van der Waals surface area contributed by atoms with Crippen molar-refractivity contribution in [3.05, 3.63) is 54.1 Å². The zero-order valence-electron chi connectivity index (χ0n) is 11.4. The summed E-state index contributed by atoms with van der Waals surface area (Å²) in [6.07, 6.45) is 3.91. The molecule has 2 aromatic rings. The first-order valence-corrected chi connectivity index (χ1v) is 9.32. The number of fused-ring (bicyclic) bond motifs is 1. The van der Waals surface area contributed by atoms with Gasteiger partial charge in [0.2, 0.25) is 0 Å². The van der Waals surface area contributed by atoms with Gasteiger partial charge in [-0.3, -0.25) is 0 Å². The average molecular weight is 415 g/mol. The monoisotopic (exact) mass is 413 g/mol. The third-order valence-electron chi connectivity index (χ3n) is 3.81. The Balaban J connectivity index is 1.65. The fraction of sp³-hybridized carbons (Fsp3) is 0.375. The summed E-state index contributed by atoms with van der Waals surface area (Å²) < 4.78 is 2.26. The first-order valence-electron chi connectivity index (χ1n) is 6.92. The number of hydrogen-bond donors (Lipinski definition) is 1.